The van der Waals surface area contributed by atoms with Crippen LogP contribution in [0.25, 0.3) is 0 Å². The highest BCUT2D eigenvalue weighted by molar-refractivity contribution is 7.99. The number of benzene rings is 1. The second-order valence-electron chi connectivity index (χ2n) is 5.41. The van der Waals surface area contributed by atoms with Crippen molar-refractivity contribution in [2.24, 2.45) is 0 Å². The molecule has 0 aliphatic carbocycles. The standard InChI is InChI=1S/C16H23NO2S/c1-2-10-20-14(6-1)12-17-11-13-5-3-7-15-16(13)19-9-4-8-18-15/h3,5,7,14,17H,1-2,4,6,8-12H2. The zero-order chi connectivity index (χ0) is 13.6. The Bertz CT molecular complexity index is 432. The predicted octanol–water partition coefficient (Wildman–Crippen LogP) is 3.22. The van der Waals surface area contributed by atoms with Crippen LogP contribution in [0.5, 0.6) is 11.5 Å². The minimum Gasteiger partial charge on any atom is -0.490 e. The average molecular weight is 293 g/mol. The molecule has 1 aromatic rings. The van der Waals surface area contributed by atoms with Crippen LogP contribution >= 0.6 is 11.8 Å². The van der Waals surface area contributed by atoms with E-state index in [2.05, 4.69) is 29.2 Å². The van der Waals surface area contributed by atoms with E-state index in [0.29, 0.717) is 0 Å². The highest BCUT2D eigenvalue weighted by Gasteiger charge is 2.16. The summed E-state index contributed by atoms with van der Waals surface area (Å²) in [6.45, 7) is 3.46. The summed E-state index contributed by atoms with van der Waals surface area (Å²) >= 11 is 2.11. The Morgan fingerprint density at radius 3 is 3.00 bits per heavy atom. The summed E-state index contributed by atoms with van der Waals surface area (Å²) in [5.74, 6) is 3.16. The molecule has 0 amide bonds. The Balaban J connectivity index is 1.57. The highest BCUT2D eigenvalue weighted by atomic mass is 32.2. The van der Waals surface area contributed by atoms with Gasteiger partial charge in [-0.3, -0.25) is 0 Å². The Morgan fingerprint density at radius 2 is 2.10 bits per heavy atom. The first-order valence-corrected chi connectivity index (χ1v) is 8.68. The number of nitrogens with one attached hydrogen (secondary N) is 1. The van der Waals surface area contributed by atoms with Gasteiger partial charge in [0.05, 0.1) is 13.2 Å². The third-order valence-corrected chi connectivity index (χ3v) is 5.21. The molecule has 2 aliphatic heterocycles. The summed E-state index contributed by atoms with van der Waals surface area (Å²) < 4.78 is 11.6. The van der Waals surface area contributed by atoms with Crippen LogP contribution in [0.2, 0.25) is 0 Å². The van der Waals surface area contributed by atoms with Gasteiger partial charge in [-0.1, -0.05) is 18.6 Å². The van der Waals surface area contributed by atoms with E-state index in [1.165, 1.54) is 30.6 Å². The van der Waals surface area contributed by atoms with Crippen LogP contribution < -0.4 is 14.8 Å². The summed E-state index contributed by atoms with van der Waals surface area (Å²) in [6, 6.07) is 6.19. The van der Waals surface area contributed by atoms with Gasteiger partial charge in [-0.25, -0.2) is 0 Å². The van der Waals surface area contributed by atoms with Crippen LogP contribution in [0.3, 0.4) is 0 Å². The van der Waals surface area contributed by atoms with Crippen LogP contribution in [0.4, 0.5) is 0 Å². The molecular formula is C16H23NO2S. The molecule has 4 heteroatoms. The van der Waals surface area contributed by atoms with Crippen molar-refractivity contribution in [2.45, 2.75) is 37.5 Å². The molecule has 1 atom stereocenters. The summed E-state index contributed by atoms with van der Waals surface area (Å²) in [5, 5.41) is 4.37. The van der Waals surface area contributed by atoms with Crippen molar-refractivity contribution in [3.8, 4) is 11.5 Å². The lowest BCUT2D eigenvalue weighted by molar-refractivity contribution is 0.296. The van der Waals surface area contributed by atoms with Crippen LogP contribution in [0.15, 0.2) is 18.2 Å². The average Bonchev–Trinajstić information content (AvgIpc) is 2.74. The normalized spacial score (nSPS) is 22.3. The molecule has 20 heavy (non-hydrogen) atoms. The highest BCUT2D eigenvalue weighted by Crippen LogP contribution is 2.33. The van der Waals surface area contributed by atoms with Crippen molar-refractivity contribution in [3.05, 3.63) is 23.8 Å². The van der Waals surface area contributed by atoms with Gasteiger partial charge in [0.15, 0.2) is 11.5 Å². The molecule has 3 rings (SSSR count). The number of fused-ring (bicyclic) bond motifs is 1. The van der Waals surface area contributed by atoms with Crippen molar-refractivity contribution < 1.29 is 9.47 Å². The van der Waals surface area contributed by atoms with Crippen molar-refractivity contribution >= 4 is 11.8 Å². The first-order valence-electron chi connectivity index (χ1n) is 7.63. The van der Waals surface area contributed by atoms with E-state index in [4.69, 9.17) is 9.47 Å². The Hall–Kier alpha value is -0.870. The molecule has 0 radical (unpaired) electrons. The maximum atomic E-state index is 5.85. The topological polar surface area (TPSA) is 30.5 Å². The predicted molar refractivity (Wildman–Crippen MR) is 83.9 cm³/mol. The zero-order valence-corrected chi connectivity index (χ0v) is 12.7. The lowest BCUT2D eigenvalue weighted by Gasteiger charge is -2.22. The summed E-state index contributed by atoms with van der Waals surface area (Å²) in [4.78, 5) is 0. The number of ether oxygens (including phenoxy) is 2. The van der Waals surface area contributed by atoms with Gasteiger partial charge in [0.1, 0.15) is 0 Å². The molecule has 1 saturated heterocycles. The van der Waals surface area contributed by atoms with Crippen LogP contribution in [0, 0.1) is 0 Å². The van der Waals surface area contributed by atoms with Crippen molar-refractivity contribution in [2.75, 3.05) is 25.5 Å². The molecule has 1 aromatic carbocycles. The number of thioether (sulfide) groups is 1. The van der Waals surface area contributed by atoms with E-state index in [9.17, 15) is 0 Å². The van der Waals surface area contributed by atoms with E-state index in [-0.39, 0.29) is 0 Å². The lowest BCUT2D eigenvalue weighted by atomic mass is 10.1. The van der Waals surface area contributed by atoms with Crippen molar-refractivity contribution in [3.63, 3.8) is 0 Å². The van der Waals surface area contributed by atoms with Gasteiger partial charge in [-0.2, -0.15) is 11.8 Å². The minimum absolute atomic E-state index is 0.752. The molecule has 0 spiro atoms. The summed E-state index contributed by atoms with van der Waals surface area (Å²) in [5.41, 5.74) is 1.21. The Labute approximate surface area is 125 Å². The number of hydrogen-bond acceptors (Lipinski definition) is 4. The van der Waals surface area contributed by atoms with Gasteiger partial charge in [0, 0.05) is 30.3 Å². The van der Waals surface area contributed by atoms with Gasteiger partial charge >= 0.3 is 0 Å². The molecule has 1 N–H and O–H groups in total. The van der Waals surface area contributed by atoms with E-state index in [1.807, 2.05) is 6.07 Å². The molecule has 0 saturated carbocycles. The fraction of sp³-hybridized carbons (Fsp3) is 0.625. The molecule has 0 aromatic heterocycles. The first kappa shape index (κ1) is 14.1. The minimum atomic E-state index is 0.752. The molecule has 3 nitrogen and oxygen atoms in total. The molecule has 1 fully saturated rings. The molecule has 0 bridgehead atoms. The number of hydrogen-bond donors (Lipinski definition) is 1. The van der Waals surface area contributed by atoms with Crippen LogP contribution in [-0.4, -0.2) is 30.8 Å². The fourth-order valence-electron chi connectivity index (χ4n) is 2.73. The van der Waals surface area contributed by atoms with E-state index in [1.54, 1.807) is 0 Å². The van der Waals surface area contributed by atoms with E-state index in [0.717, 1.165) is 49.5 Å². The molecule has 1 unspecified atom stereocenters. The Kier molecular flexibility index (Phi) is 5.09. The number of para-hydroxylation sites is 1. The van der Waals surface area contributed by atoms with Gasteiger partial charge in [-0.05, 0) is 24.7 Å². The largest absolute Gasteiger partial charge is 0.490 e. The third-order valence-electron chi connectivity index (χ3n) is 3.81. The number of rotatable bonds is 4. The van der Waals surface area contributed by atoms with E-state index >= 15 is 0 Å². The van der Waals surface area contributed by atoms with Crippen LogP contribution in [-0.2, 0) is 6.54 Å². The Morgan fingerprint density at radius 1 is 1.15 bits per heavy atom. The first-order chi connectivity index (χ1) is 9.93. The zero-order valence-electron chi connectivity index (χ0n) is 11.9. The molecular weight excluding hydrogens is 270 g/mol. The second-order valence-corrected chi connectivity index (χ2v) is 6.82. The quantitative estimate of drug-likeness (QED) is 0.923. The molecule has 110 valence electrons. The van der Waals surface area contributed by atoms with Gasteiger partial charge in [0.2, 0.25) is 0 Å². The summed E-state index contributed by atoms with van der Waals surface area (Å²) in [6.07, 6.45) is 5.08. The van der Waals surface area contributed by atoms with Gasteiger partial charge < -0.3 is 14.8 Å². The molecule has 2 aliphatic rings. The van der Waals surface area contributed by atoms with E-state index < -0.39 is 0 Å². The summed E-state index contributed by atoms with van der Waals surface area (Å²) in [7, 11) is 0. The molecule has 2 heterocycles. The monoisotopic (exact) mass is 293 g/mol. The van der Waals surface area contributed by atoms with Crippen molar-refractivity contribution in [1.82, 2.24) is 5.32 Å². The van der Waals surface area contributed by atoms with Crippen LogP contribution in [0.1, 0.15) is 31.2 Å². The van der Waals surface area contributed by atoms with Gasteiger partial charge in [-0.15, -0.1) is 0 Å². The maximum Gasteiger partial charge on any atom is 0.165 e. The second kappa shape index (κ2) is 7.23. The SMILES string of the molecule is c1cc(CNCC2CCCCS2)c2c(c1)OCCCO2. The fourth-order valence-corrected chi connectivity index (χ4v) is 4.00. The smallest absolute Gasteiger partial charge is 0.165 e. The van der Waals surface area contributed by atoms with Crippen molar-refractivity contribution in [1.29, 1.82) is 0 Å². The van der Waals surface area contributed by atoms with Gasteiger partial charge in [0.25, 0.3) is 0 Å². The maximum absolute atomic E-state index is 5.85. The lowest BCUT2D eigenvalue weighted by Crippen LogP contribution is -2.26. The third kappa shape index (κ3) is 3.61.